The molecule has 118 valence electrons. The molecule has 0 radical (unpaired) electrons. The normalized spacial score (nSPS) is 11.3. The number of aryl methyl sites for hydroxylation is 1. The minimum Gasteiger partial charge on any atom is -0.322 e. The van der Waals surface area contributed by atoms with Crippen LogP contribution in [0.25, 0.3) is 0 Å². The number of hydrogen-bond donors (Lipinski definition) is 1. The number of aromatic nitrogens is 3. The monoisotopic (exact) mass is 319 g/mol. The zero-order valence-corrected chi connectivity index (χ0v) is 14.4. The van der Waals surface area contributed by atoms with E-state index >= 15 is 0 Å². The molecule has 22 heavy (non-hydrogen) atoms. The Morgan fingerprint density at radius 2 is 1.86 bits per heavy atom. The first kappa shape index (κ1) is 16.4. The summed E-state index contributed by atoms with van der Waals surface area (Å²) in [4.78, 5) is 27.6. The van der Waals surface area contributed by atoms with E-state index in [1.807, 2.05) is 27.7 Å². The predicted molar refractivity (Wildman–Crippen MR) is 88.1 cm³/mol. The second kappa shape index (κ2) is 6.39. The molecular formula is C15H21N5OS. The number of hydrogen-bond acceptors (Lipinski definition) is 5. The maximum atomic E-state index is 12.1. The molecule has 0 atom stereocenters. The molecule has 0 aliphatic rings. The van der Waals surface area contributed by atoms with Crippen molar-refractivity contribution in [3.05, 3.63) is 34.3 Å². The van der Waals surface area contributed by atoms with Gasteiger partial charge in [0.1, 0.15) is 5.82 Å². The van der Waals surface area contributed by atoms with Gasteiger partial charge in [0.25, 0.3) is 0 Å². The SMILES string of the molecule is Cc1ncc(CN(C)C(=O)Nc2cnc(C(C)(C)C)nc2)s1. The number of nitrogens with zero attached hydrogens (tertiary/aromatic N) is 4. The average molecular weight is 319 g/mol. The van der Waals surface area contributed by atoms with Crippen LogP contribution in [0.15, 0.2) is 18.6 Å². The zero-order valence-electron chi connectivity index (χ0n) is 13.5. The van der Waals surface area contributed by atoms with Gasteiger partial charge in [-0.05, 0) is 6.92 Å². The van der Waals surface area contributed by atoms with Crippen molar-refractivity contribution in [3.63, 3.8) is 0 Å². The van der Waals surface area contributed by atoms with Crippen LogP contribution < -0.4 is 5.32 Å². The maximum absolute atomic E-state index is 12.1. The van der Waals surface area contributed by atoms with E-state index in [0.717, 1.165) is 15.7 Å². The Hall–Kier alpha value is -2.02. The van der Waals surface area contributed by atoms with Crippen LogP contribution in [-0.4, -0.2) is 32.9 Å². The van der Waals surface area contributed by atoms with E-state index in [2.05, 4.69) is 20.3 Å². The zero-order chi connectivity index (χ0) is 16.3. The van der Waals surface area contributed by atoms with E-state index in [1.54, 1.807) is 41.9 Å². The molecule has 2 heterocycles. The minimum absolute atomic E-state index is 0.108. The van der Waals surface area contributed by atoms with Gasteiger partial charge in [0.15, 0.2) is 0 Å². The first-order chi connectivity index (χ1) is 10.3. The lowest BCUT2D eigenvalue weighted by molar-refractivity contribution is 0.221. The van der Waals surface area contributed by atoms with Gasteiger partial charge in [-0.2, -0.15) is 0 Å². The number of carbonyl (C=O) groups excluding carboxylic acids is 1. The number of urea groups is 1. The molecular weight excluding hydrogens is 298 g/mol. The maximum Gasteiger partial charge on any atom is 0.322 e. The summed E-state index contributed by atoms with van der Waals surface area (Å²) in [5.41, 5.74) is 0.480. The number of nitrogens with one attached hydrogen (secondary N) is 1. The fraction of sp³-hybridized carbons (Fsp3) is 0.467. The van der Waals surface area contributed by atoms with Crippen LogP contribution >= 0.6 is 11.3 Å². The molecule has 0 aliphatic heterocycles. The van der Waals surface area contributed by atoms with Crippen molar-refractivity contribution >= 4 is 23.1 Å². The highest BCUT2D eigenvalue weighted by Crippen LogP contribution is 2.18. The van der Waals surface area contributed by atoms with Gasteiger partial charge in [-0.15, -0.1) is 11.3 Å². The van der Waals surface area contributed by atoms with Crippen LogP contribution in [0.5, 0.6) is 0 Å². The molecule has 0 bridgehead atoms. The third kappa shape index (κ3) is 4.24. The average Bonchev–Trinajstić information content (AvgIpc) is 2.83. The van der Waals surface area contributed by atoms with E-state index in [-0.39, 0.29) is 11.4 Å². The molecule has 2 amide bonds. The van der Waals surface area contributed by atoms with Gasteiger partial charge in [-0.1, -0.05) is 20.8 Å². The highest BCUT2D eigenvalue weighted by Gasteiger charge is 2.17. The Balaban J connectivity index is 1.96. The first-order valence-corrected chi connectivity index (χ1v) is 7.83. The summed E-state index contributed by atoms with van der Waals surface area (Å²) in [6, 6.07) is -0.196. The van der Waals surface area contributed by atoms with Gasteiger partial charge in [-0.3, -0.25) is 0 Å². The van der Waals surface area contributed by atoms with Crippen molar-refractivity contribution in [2.75, 3.05) is 12.4 Å². The van der Waals surface area contributed by atoms with Crippen molar-refractivity contribution in [1.29, 1.82) is 0 Å². The lowest BCUT2D eigenvalue weighted by atomic mass is 9.96. The minimum atomic E-state index is -0.196. The molecule has 1 N–H and O–H groups in total. The van der Waals surface area contributed by atoms with Crippen molar-refractivity contribution in [3.8, 4) is 0 Å². The van der Waals surface area contributed by atoms with Gasteiger partial charge in [0.2, 0.25) is 0 Å². The Labute approximate surface area is 134 Å². The fourth-order valence-electron chi connectivity index (χ4n) is 1.78. The molecule has 0 saturated heterocycles. The first-order valence-electron chi connectivity index (χ1n) is 7.01. The number of thiazole rings is 1. The summed E-state index contributed by atoms with van der Waals surface area (Å²) in [6.45, 7) is 8.61. The van der Waals surface area contributed by atoms with Crippen LogP contribution in [0, 0.1) is 6.92 Å². The summed E-state index contributed by atoms with van der Waals surface area (Å²) >= 11 is 1.59. The Morgan fingerprint density at radius 3 is 2.36 bits per heavy atom. The molecule has 0 aliphatic carbocycles. The van der Waals surface area contributed by atoms with Crippen molar-refractivity contribution in [1.82, 2.24) is 19.9 Å². The van der Waals surface area contributed by atoms with Crippen LogP contribution in [0.2, 0.25) is 0 Å². The Bertz CT molecular complexity index is 645. The third-order valence-corrected chi connectivity index (χ3v) is 3.88. The highest BCUT2D eigenvalue weighted by molar-refractivity contribution is 7.11. The number of rotatable bonds is 3. The molecule has 2 aromatic rings. The topological polar surface area (TPSA) is 71.0 Å². The highest BCUT2D eigenvalue weighted by atomic mass is 32.1. The van der Waals surface area contributed by atoms with E-state index < -0.39 is 0 Å². The van der Waals surface area contributed by atoms with E-state index in [1.165, 1.54) is 0 Å². The van der Waals surface area contributed by atoms with Gasteiger partial charge in [0, 0.05) is 23.5 Å². The molecule has 0 unspecified atom stereocenters. The fourth-order valence-corrected chi connectivity index (χ4v) is 2.63. The second-order valence-electron chi connectivity index (χ2n) is 6.18. The van der Waals surface area contributed by atoms with Crippen molar-refractivity contribution < 1.29 is 4.79 Å². The number of amides is 2. The van der Waals surface area contributed by atoms with Gasteiger partial charge in [0.05, 0.1) is 29.6 Å². The van der Waals surface area contributed by atoms with E-state index in [9.17, 15) is 4.79 Å². The Morgan fingerprint density at radius 1 is 1.23 bits per heavy atom. The smallest absolute Gasteiger partial charge is 0.322 e. The summed E-state index contributed by atoms with van der Waals surface area (Å²) in [5, 5.41) is 3.79. The van der Waals surface area contributed by atoms with Crippen LogP contribution in [0.3, 0.4) is 0 Å². The van der Waals surface area contributed by atoms with Gasteiger partial charge in [-0.25, -0.2) is 19.7 Å². The quantitative estimate of drug-likeness (QED) is 0.943. The van der Waals surface area contributed by atoms with Crippen molar-refractivity contribution in [2.24, 2.45) is 0 Å². The van der Waals surface area contributed by atoms with Gasteiger partial charge >= 0.3 is 6.03 Å². The summed E-state index contributed by atoms with van der Waals surface area (Å²) in [6.07, 6.45) is 5.07. The molecule has 0 saturated carbocycles. The van der Waals surface area contributed by atoms with Crippen molar-refractivity contribution in [2.45, 2.75) is 39.7 Å². The summed E-state index contributed by atoms with van der Waals surface area (Å²) in [5.74, 6) is 0.749. The summed E-state index contributed by atoms with van der Waals surface area (Å²) < 4.78 is 0. The molecule has 0 aromatic carbocycles. The largest absolute Gasteiger partial charge is 0.322 e. The molecule has 0 fully saturated rings. The van der Waals surface area contributed by atoms with E-state index in [4.69, 9.17) is 0 Å². The standard InChI is InChI=1S/C15H21N5OS/c1-10-16-8-12(22-10)9-20(5)14(21)19-11-6-17-13(18-7-11)15(2,3)4/h6-8H,9H2,1-5H3,(H,19,21). The lowest BCUT2D eigenvalue weighted by Crippen LogP contribution is -2.30. The summed E-state index contributed by atoms with van der Waals surface area (Å²) in [7, 11) is 1.74. The number of carbonyl (C=O) groups is 1. The van der Waals surface area contributed by atoms with Gasteiger partial charge < -0.3 is 10.2 Å². The molecule has 0 spiro atoms. The number of anilines is 1. The molecule has 2 rings (SSSR count). The third-order valence-electron chi connectivity index (χ3n) is 2.98. The molecule has 2 aromatic heterocycles. The van der Waals surface area contributed by atoms with Crippen LogP contribution in [0.4, 0.5) is 10.5 Å². The predicted octanol–water partition coefficient (Wildman–Crippen LogP) is 3.20. The molecule has 7 heteroatoms. The van der Waals surface area contributed by atoms with Crippen LogP contribution in [-0.2, 0) is 12.0 Å². The van der Waals surface area contributed by atoms with E-state index in [0.29, 0.717) is 12.2 Å². The molecule has 6 nitrogen and oxygen atoms in total. The van der Waals surface area contributed by atoms with Crippen LogP contribution in [0.1, 0.15) is 36.5 Å². The Kier molecular flexibility index (Phi) is 4.75. The second-order valence-corrected chi connectivity index (χ2v) is 7.50. The lowest BCUT2D eigenvalue weighted by Gasteiger charge is -2.18.